The van der Waals surface area contributed by atoms with Gasteiger partial charge in [0, 0.05) is 12.1 Å². The zero-order chi connectivity index (χ0) is 11.4. The Kier molecular flexibility index (Phi) is 3.34. The summed E-state index contributed by atoms with van der Waals surface area (Å²) in [6, 6.07) is 4.02. The van der Waals surface area contributed by atoms with Crippen LogP contribution in [-0.2, 0) is 11.0 Å². The predicted octanol–water partition coefficient (Wildman–Crippen LogP) is 0.286. The Balaban J connectivity index is 2.84. The van der Waals surface area contributed by atoms with Gasteiger partial charge < -0.3 is 5.73 Å². The summed E-state index contributed by atoms with van der Waals surface area (Å²) in [7, 11) is -1.78. The fraction of sp³-hybridized carbons (Fsp3) is 0. The van der Waals surface area contributed by atoms with Crippen molar-refractivity contribution in [2.45, 2.75) is 4.90 Å². The van der Waals surface area contributed by atoms with Crippen LogP contribution in [0.25, 0.3) is 0 Å². The summed E-state index contributed by atoms with van der Waals surface area (Å²) in [4.78, 5) is 20.3. The first-order chi connectivity index (χ1) is 7.00. The molecular weight excluding hydrogens is 222 g/mol. The lowest BCUT2D eigenvalue weighted by Crippen LogP contribution is -2.30. The molecule has 0 spiro atoms. The Hall–Kier alpha value is -1.96. The van der Waals surface area contributed by atoms with Crippen LogP contribution in [0.4, 0.5) is 10.5 Å². The number of nitrogens with zero attached hydrogens (tertiary/aromatic N) is 1. The number of nitro benzene ring substituents is 1. The molecule has 0 aliphatic heterocycles. The van der Waals surface area contributed by atoms with Crippen molar-refractivity contribution in [3.8, 4) is 0 Å². The van der Waals surface area contributed by atoms with E-state index in [-0.39, 0.29) is 10.6 Å². The molecule has 0 heterocycles. The summed E-state index contributed by atoms with van der Waals surface area (Å²) in [5.74, 6) is 0. The lowest BCUT2D eigenvalue weighted by molar-refractivity contribution is -0.384. The summed E-state index contributed by atoms with van der Waals surface area (Å²) in [5, 5.41) is 10.3. The number of urea groups is 1. The molecule has 7 nitrogen and oxygen atoms in total. The lowest BCUT2D eigenvalue weighted by Gasteiger charge is -2.00. The van der Waals surface area contributed by atoms with Crippen LogP contribution in [0.2, 0.25) is 0 Å². The van der Waals surface area contributed by atoms with Crippen LogP contribution in [0.5, 0.6) is 0 Å². The number of carbonyl (C=O) groups excluding carboxylic acids is 1. The zero-order valence-corrected chi connectivity index (χ0v) is 8.19. The molecule has 1 atom stereocenters. The molecular formula is C7H7N3O4S. The van der Waals surface area contributed by atoms with Gasteiger partial charge in [0.1, 0.15) is 0 Å². The van der Waals surface area contributed by atoms with Crippen molar-refractivity contribution < 1.29 is 13.9 Å². The van der Waals surface area contributed by atoms with Crippen molar-refractivity contribution in [3.63, 3.8) is 0 Å². The molecule has 1 unspecified atom stereocenters. The van der Waals surface area contributed by atoms with E-state index >= 15 is 0 Å². The van der Waals surface area contributed by atoms with Gasteiger partial charge >= 0.3 is 6.03 Å². The molecule has 0 saturated heterocycles. The highest BCUT2D eigenvalue weighted by Gasteiger charge is 2.08. The Morgan fingerprint density at radius 2 is 1.93 bits per heavy atom. The summed E-state index contributed by atoms with van der Waals surface area (Å²) >= 11 is 0. The third kappa shape index (κ3) is 3.02. The number of amides is 2. The number of rotatable bonds is 3. The smallest absolute Gasteiger partial charge is 0.324 e. The van der Waals surface area contributed by atoms with Crippen molar-refractivity contribution >= 4 is 22.7 Å². The van der Waals surface area contributed by atoms with E-state index in [4.69, 9.17) is 5.73 Å². The Morgan fingerprint density at radius 1 is 1.40 bits per heavy atom. The predicted molar refractivity (Wildman–Crippen MR) is 52.2 cm³/mol. The van der Waals surface area contributed by atoms with E-state index in [2.05, 4.69) is 0 Å². The second kappa shape index (κ2) is 4.51. The monoisotopic (exact) mass is 229 g/mol. The number of benzene rings is 1. The van der Waals surface area contributed by atoms with E-state index in [1.54, 1.807) is 0 Å². The highest BCUT2D eigenvalue weighted by molar-refractivity contribution is 7.83. The number of nitro groups is 1. The molecule has 3 N–H and O–H groups in total. The SMILES string of the molecule is NC(=O)NS(=O)c1ccc([N+](=O)[O-])cc1. The third-order valence-electron chi connectivity index (χ3n) is 1.45. The van der Waals surface area contributed by atoms with Crippen LogP contribution in [0.3, 0.4) is 0 Å². The van der Waals surface area contributed by atoms with Gasteiger partial charge in [0.2, 0.25) is 0 Å². The van der Waals surface area contributed by atoms with Crippen molar-refractivity contribution in [2.24, 2.45) is 5.73 Å². The molecule has 2 amide bonds. The van der Waals surface area contributed by atoms with Gasteiger partial charge in [0.15, 0.2) is 11.0 Å². The first-order valence-corrected chi connectivity index (χ1v) is 4.88. The van der Waals surface area contributed by atoms with Crippen molar-refractivity contribution in [1.29, 1.82) is 0 Å². The molecule has 1 rings (SSSR count). The van der Waals surface area contributed by atoms with Gasteiger partial charge in [-0.3, -0.25) is 14.8 Å². The van der Waals surface area contributed by atoms with Gasteiger partial charge in [0.25, 0.3) is 5.69 Å². The van der Waals surface area contributed by atoms with E-state index in [9.17, 15) is 19.1 Å². The van der Waals surface area contributed by atoms with E-state index in [1.165, 1.54) is 24.3 Å². The van der Waals surface area contributed by atoms with Crippen LogP contribution >= 0.6 is 0 Å². The standard InChI is InChI=1S/C7H7N3O4S/c8-7(11)9-15(14)6-3-1-5(2-4-6)10(12)13/h1-4H,(H3,8,9,11). The maximum absolute atomic E-state index is 11.3. The van der Waals surface area contributed by atoms with Gasteiger partial charge in [-0.15, -0.1) is 0 Å². The second-order valence-corrected chi connectivity index (χ2v) is 3.70. The molecule has 1 aromatic carbocycles. The van der Waals surface area contributed by atoms with Crippen LogP contribution in [0.1, 0.15) is 0 Å². The lowest BCUT2D eigenvalue weighted by atomic mass is 10.3. The number of hydrogen-bond acceptors (Lipinski definition) is 4. The van der Waals surface area contributed by atoms with Gasteiger partial charge in [0.05, 0.1) is 9.82 Å². The molecule has 1 aromatic rings. The van der Waals surface area contributed by atoms with Crippen molar-refractivity contribution in [3.05, 3.63) is 34.4 Å². The Morgan fingerprint density at radius 3 is 2.33 bits per heavy atom. The normalized spacial score (nSPS) is 11.7. The van der Waals surface area contributed by atoms with E-state index in [1.807, 2.05) is 4.72 Å². The van der Waals surface area contributed by atoms with Gasteiger partial charge in [-0.05, 0) is 12.1 Å². The first-order valence-electron chi connectivity index (χ1n) is 3.73. The third-order valence-corrected chi connectivity index (χ3v) is 2.54. The first kappa shape index (κ1) is 11.1. The van der Waals surface area contributed by atoms with E-state index < -0.39 is 21.9 Å². The second-order valence-electron chi connectivity index (χ2n) is 2.49. The summed E-state index contributed by atoms with van der Waals surface area (Å²) in [5.41, 5.74) is 4.64. The fourth-order valence-corrected chi connectivity index (χ4v) is 1.53. The minimum Gasteiger partial charge on any atom is -0.351 e. The molecule has 0 radical (unpaired) electrons. The maximum atomic E-state index is 11.3. The number of carbonyl (C=O) groups is 1. The van der Waals surface area contributed by atoms with Gasteiger partial charge in [-0.2, -0.15) is 0 Å². The van der Waals surface area contributed by atoms with Crippen LogP contribution in [-0.4, -0.2) is 15.2 Å². The molecule has 80 valence electrons. The van der Waals surface area contributed by atoms with Crippen molar-refractivity contribution in [1.82, 2.24) is 4.72 Å². The quantitative estimate of drug-likeness (QED) is 0.572. The van der Waals surface area contributed by atoms with E-state index in [0.29, 0.717) is 0 Å². The number of non-ortho nitro benzene ring substituents is 1. The molecule has 8 heteroatoms. The minimum absolute atomic E-state index is 0.116. The average Bonchev–Trinajstić information content (AvgIpc) is 2.17. The molecule has 0 aliphatic carbocycles. The summed E-state index contributed by atoms with van der Waals surface area (Å²) in [6.45, 7) is 0. The van der Waals surface area contributed by atoms with Crippen LogP contribution < -0.4 is 10.5 Å². The number of primary amides is 1. The Labute approximate surface area is 87.0 Å². The number of nitrogens with two attached hydrogens (primary N) is 1. The Bertz CT molecular complexity index is 417. The van der Waals surface area contributed by atoms with Gasteiger partial charge in [-0.25, -0.2) is 9.00 Å². The fourth-order valence-electron chi connectivity index (χ4n) is 0.842. The maximum Gasteiger partial charge on any atom is 0.324 e. The largest absolute Gasteiger partial charge is 0.351 e. The molecule has 15 heavy (non-hydrogen) atoms. The van der Waals surface area contributed by atoms with Crippen LogP contribution in [0.15, 0.2) is 29.2 Å². The van der Waals surface area contributed by atoms with Crippen molar-refractivity contribution in [2.75, 3.05) is 0 Å². The minimum atomic E-state index is -1.78. The molecule has 0 fully saturated rings. The molecule has 0 aromatic heterocycles. The zero-order valence-electron chi connectivity index (χ0n) is 7.38. The molecule has 0 aliphatic rings. The average molecular weight is 229 g/mol. The summed E-state index contributed by atoms with van der Waals surface area (Å²) < 4.78 is 13.2. The number of hydrogen-bond donors (Lipinski definition) is 2. The topological polar surface area (TPSA) is 115 Å². The van der Waals surface area contributed by atoms with Gasteiger partial charge in [-0.1, -0.05) is 0 Å². The van der Waals surface area contributed by atoms with Crippen LogP contribution in [0, 0.1) is 10.1 Å². The molecule has 0 saturated carbocycles. The molecule has 0 bridgehead atoms. The highest BCUT2D eigenvalue weighted by atomic mass is 32.2. The highest BCUT2D eigenvalue weighted by Crippen LogP contribution is 2.13. The number of nitrogens with one attached hydrogen (secondary N) is 1. The van der Waals surface area contributed by atoms with E-state index in [0.717, 1.165) is 0 Å². The summed E-state index contributed by atoms with van der Waals surface area (Å²) in [6.07, 6.45) is 0.